The minimum atomic E-state index is -0.755. The van der Waals surface area contributed by atoms with Gasteiger partial charge >= 0.3 is 5.63 Å². The van der Waals surface area contributed by atoms with Crippen molar-refractivity contribution in [2.24, 2.45) is 11.3 Å². The van der Waals surface area contributed by atoms with Crippen molar-refractivity contribution in [3.8, 4) is 5.75 Å². The number of aliphatic hydroxyl groups is 2. The molecule has 5 nitrogen and oxygen atoms in total. The monoisotopic (exact) mass is 400 g/mol. The highest BCUT2D eigenvalue weighted by atomic mass is 16.5. The van der Waals surface area contributed by atoms with Crippen LogP contribution >= 0.6 is 0 Å². The van der Waals surface area contributed by atoms with E-state index in [-0.39, 0.29) is 23.1 Å². The fraction of sp³-hybridized carbons (Fsp3) is 0.542. The van der Waals surface area contributed by atoms with Crippen LogP contribution in [0.25, 0.3) is 11.0 Å². The first-order valence-corrected chi connectivity index (χ1v) is 10.3. The topological polar surface area (TPSA) is 79.9 Å². The first-order valence-electron chi connectivity index (χ1n) is 10.3. The van der Waals surface area contributed by atoms with Crippen molar-refractivity contribution in [2.45, 2.75) is 65.1 Å². The molecule has 3 rings (SSSR count). The van der Waals surface area contributed by atoms with Crippen molar-refractivity contribution in [2.75, 3.05) is 6.61 Å². The zero-order valence-corrected chi connectivity index (χ0v) is 17.8. The Kier molecular flexibility index (Phi) is 6.20. The molecule has 29 heavy (non-hydrogen) atoms. The third-order valence-electron chi connectivity index (χ3n) is 6.54. The number of allylic oxidation sites excluding steroid dienone is 1. The van der Waals surface area contributed by atoms with Crippen LogP contribution in [0.3, 0.4) is 0 Å². The maximum absolute atomic E-state index is 11.4. The van der Waals surface area contributed by atoms with Gasteiger partial charge in [0.25, 0.3) is 0 Å². The van der Waals surface area contributed by atoms with Crippen LogP contribution in [0.2, 0.25) is 0 Å². The lowest BCUT2D eigenvalue weighted by Crippen LogP contribution is -2.53. The van der Waals surface area contributed by atoms with Gasteiger partial charge in [-0.3, -0.25) is 0 Å². The molecule has 1 aliphatic carbocycles. The van der Waals surface area contributed by atoms with Crippen molar-refractivity contribution in [3.63, 3.8) is 0 Å². The number of hydrogen-bond donors (Lipinski definition) is 2. The summed E-state index contributed by atoms with van der Waals surface area (Å²) in [5, 5.41) is 22.1. The standard InChI is InChI=1S/C24H32O5/c1-16(5-9-20-23(2,3)21(25)11-13-24(20,4)27)12-14-28-18-8-6-17-7-10-22(26)29-19(17)15-18/h6-8,10,12,15,20-21,25,27H,5,9,11,13-14H2,1-4H3/b16-12+/t20-,21-,24-/m1/s1. The third kappa shape index (κ3) is 4.90. The van der Waals surface area contributed by atoms with Crippen molar-refractivity contribution < 1.29 is 19.4 Å². The molecule has 0 spiro atoms. The lowest BCUT2D eigenvalue weighted by atomic mass is 9.59. The van der Waals surface area contributed by atoms with Crippen LogP contribution < -0.4 is 10.4 Å². The van der Waals surface area contributed by atoms with Gasteiger partial charge in [-0.2, -0.15) is 0 Å². The number of fused-ring (bicyclic) bond motifs is 1. The Labute approximate surface area is 172 Å². The predicted molar refractivity (Wildman–Crippen MR) is 114 cm³/mol. The highest BCUT2D eigenvalue weighted by Gasteiger charge is 2.49. The van der Waals surface area contributed by atoms with Crippen LogP contribution in [0.15, 0.2) is 51.2 Å². The molecular weight excluding hydrogens is 368 g/mol. The molecule has 0 saturated heterocycles. The van der Waals surface area contributed by atoms with Crippen LogP contribution in [0, 0.1) is 11.3 Å². The van der Waals surface area contributed by atoms with E-state index in [9.17, 15) is 15.0 Å². The molecule has 1 aromatic carbocycles. The minimum Gasteiger partial charge on any atom is -0.489 e. The minimum absolute atomic E-state index is 0.0337. The van der Waals surface area contributed by atoms with E-state index in [4.69, 9.17) is 9.15 Å². The van der Waals surface area contributed by atoms with Gasteiger partial charge < -0.3 is 19.4 Å². The van der Waals surface area contributed by atoms with Crippen LogP contribution in [0.5, 0.6) is 5.75 Å². The van der Waals surface area contributed by atoms with Crippen molar-refractivity contribution >= 4 is 11.0 Å². The summed E-state index contributed by atoms with van der Waals surface area (Å²) < 4.78 is 11.0. The van der Waals surface area contributed by atoms with Gasteiger partial charge in [-0.1, -0.05) is 19.4 Å². The first kappa shape index (κ1) is 21.6. The number of rotatable bonds is 6. The number of hydrogen-bond acceptors (Lipinski definition) is 5. The Bertz CT molecular complexity index is 938. The van der Waals surface area contributed by atoms with Crippen LogP contribution in [0.4, 0.5) is 0 Å². The third-order valence-corrected chi connectivity index (χ3v) is 6.54. The maximum atomic E-state index is 11.4. The second-order valence-corrected chi connectivity index (χ2v) is 9.14. The summed E-state index contributed by atoms with van der Waals surface area (Å²) in [6, 6.07) is 8.58. The molecular formula is C24H32O5. The summed E-state index contributed by atoms with van der Waals surface area (Å²) in [6.45, 7) is 8.48. The van der Waals surface area contributed by atoms with Gasteiger partial charge in [0.05, 0.1) is 11.7 Å². The van der Waals surface area contributed by atoms with Crippen molar-refractivity contribution in [3.05, 3.63) is 52.4 Å². The smallest absolute Gasteiger partial charge is 0.336 e. The predicted octanol–water partition coefficient (Wildman–Crippen LogP) is 4.45. The fourth-order valence-corrected chi connectivity index (χ4v) is 4.58. The maximum Gasteiger partial charge on any atom is 0.336 e. The molecule has 2 aromatic rings. The summed E-state index contributed by atoms with van der Waals surface area (Å²) in [6.07, 6.45) is 4.59. The van der Waals surface area contributed by atoms with Crippen LogP contribution in [-0.4, -0.2) is 28.5 Å². The molecule has 1 aliphatic rings. The molecule has 3 atom stereocenters. The van der Waals surface area contributed by atoms with Crippen LogP contribution in [-0.2, 0) is 0 Å². The van der Waals surface area contributed by atoms with Crippen molar-refractivity contribution in [1.82, 2.24) is 0 Å². The SMILES string of the molecule is C/C(=C\COc1ccc2ccc(=O)oc2c1)CC[C@@H]1C(C)(C)[C@H](O)CC[C@@]1(C)O. The van der Waals surface area contributed by atoms with E-state index in [0.717, 1.165) is 18.2 Å². The lowest BCUT2D eigenvalue weighted by Gasteiger charge is -2.51. The Morgan fingerprint density at radius 1 is 1.28 bits per heavy atom. The second kappa shape index (κ2) is 8.33. The molecule has 158 valence electrons. The fourth-order valence-electron chi connectivity index (χ4n) is 4.58. The van der Waals surface area contributed by atoms with Gasteiger partial charge in [-0.05, 0) is 75.1 Å². The summed E-state index contributed by atoms with van der Waals surface area (Å²) in [5.41, 5.74) is 0.249. The van der Waals surface area contributed by atoms with Gasteiger partial charge in [-0.15, -0.1) is 0 Å². The van der Waals surface area contributed by atoms with E-state index >= 15 is 0 Å². The highest BCUT2D eigenvalue weighted by Crippen LogP contribution is 2.48. The van der Waals surface area contributed by atoms with Gasteiger partial charge in [-0.25, -0.2) is 4.79 Å². The quantitative estimate of drug-likeness (QED) is 0.553. The van der Waals surface area contributed by atoms with E-state index in [1.165, 1.54) is 11.6 Å². The molecule has 1 fully saturated rings. The van der Waals surface area contributed by atoms with Gasteiger partial charge in [0.15, 0.2) is 0 Å². The summed E-state index contributed by atoms with van der Waals surface area (Å²) >= 11 is 0. The van der Waals surface area contributed by atoms with Crippen LogP contribution in [0.1, 0.15) is 53.4 Å². The molecule has 0 bridgehead atoms. The largest absolute Gasteiger partial charge is 0.489 e. The van der Waals surface area contributed by atoms with E-state index in [0.29, 0.717) is 30.8 Å². The summed E-state index contributed by atoms with van der Waals surface area (Å²) in [5.74, 6) is 0.682. The average molecular weight is 401 g/mol. The van der Waals surface area contributed by atoms with E-state index < -0.39 is 5.60 Å². The number of benzene rings is 1. The zero-order valence-electron chi connectivity index (χ0n) is 17.8. The number of aliphatic hydroxyl groups excluding tert-OH is 1. The Balaban J connectivity index is 1.58. The molecule has 5 heteroatoms. The molecule has 2 N–H and O–H groups in total. The Morgan fingerprint density at radius 2 is 2.00 bits per heavy atom. The molecule has 0 aliphatic heterocycles. The normalized spacial score (nSPS) is 27.2. The Hall–Kier alpha value is -2.11. The molecule has 0 amide bonds. The molecule has 1 aromatic heterocycles. The lowest BCUT2D eigenvalue weighted by molar-refractivity contribution is -0.145. The van der Waals surface area contributed by atoms with Gasteiger partial charge in [0, 0.05) is 17.5 Å². The van der Waals surface area contributed by atoms with Crippen molar-refractivity contribution in [1.29, 1.82) is 0 Å². The summed E-state index contributed by atoms with van der Waals surface area (Å²) in [4.78, 5) is 11.4. The first-order chi connectivity index (χ1) is 13.6. The van der Waals surface area contributed by atoms with E-state index in [1.54, 1.807) is 12.1 Å². The molecule has 1 heterocycles. The second-order valence-electron chi connectivity index (χ2n) is 9.14. The average Bonchev–Trinajstić information content (AvgIpc) is 2.64. The summed E-state index contributed by atoms with van der Waals surface area (Å²) in [7, 11) is 0. The van der Waals surface area contributed by atoms with Gasteiger partial charge in [0.2, 0.25) is 0 Å². The molecule has 1 saturated carbocycles. The van der Waals surface area contributed by atoms with Gasteiger partial charge in [0.1, 0.15) is 17.9 Å². The zero-order chi connectivity index (χ0) is 21.2. The highest BCUT2D eigenvalue weighted by molar-refractivity contribution is 5.77. The molecule has 0 radical (unpaired) electrons. The molecule has 0 unspecified atom stereocenters. The van der Waals surface area contributed by atoms with E-state index in [2.05, 4.69) is 20.8 Å². The Morgan fingerprint density at radius 3 is 2.76 bits per heavy atom. The number of ether oxygens (including phenoxy) is 1. The van der Waals surface area contributed by atoms with E-state index in [1.807, 2.05) is 25.1 Å².